The first-order valence-electron chi connectivity index (χ1n) is 5.64. The predicted molar refractivity (Wildman–Crippen MR) is 93.1 cm³/mol. The summed E-state index contributed by atoms with van der Waals surface area (Å²) in [6.45, 7) is 0. The number of benzene rings is 2. The van der Waals surface area contributed by atoms with Gasteiger partial charge in [0.25, 0.3) is 0 Å². The van der Waals surface area contributed by atoms with Gasteiger partial charge in [-0.2, -0.15) is 0 Å². The van der Waals surface area contributed by atoms with Gasteiger partial charge in [0.05, 0.1) is 0 Å². The third kappa shape index (κ3) is 5.92. The molecule has 2 rings (SSSR count). The summed E-state index contributed by atoms with van der Waals surface area (Å²) in [7, 11) is 5.51. The Bertz CT molecular complexity index is 450. The van der Waals surface area contributed by atoms with Crippen LogP contribution in [0.2, 0.25) is 10.0 Å². The molecule has 0 unspecified atom stereocenters. The summed E-state index contributed by atoms with van der Waals surface area (Å²) in [6.07, 6.45) is 0. The summed E-state index contributed by atoms with van der Waals surface area (Å²) >= 11 is 11.7. The number of rotatable bonds is 6. The van der Waals surface area contributed by atoms with Gasteiger partial charge in [0.15, 0.2) is 0 Å². The zero-order chi connectivity index (χ0) is 13.5. The van der Waals surface area contributed by atoms with E-state index in [-0.39, 0.29) is 0 Å². The standard InChI is InChI=1S/C14H12Cl2S3/c15-13-5-1-11(2-6-13)9-17-19-18-10-12-3-7-14(16)8-4-12/h1-8H,9-10H2. The summed E-state index contributed by atoms with van der Waals surface area (Å²) in [5, 5.41) is 1.58. The SMILES string of the molecule is Clc1ccc(CSSSCc2ccc(Cl)cc2)cc1. The monoisotopic (exact) mass is 346 g/mol. The minimum atomic E-state index is 0.790. The molecular weight excluding hydrogens is 335 g/mol. The largest absolute Gasteiger partial charge is 0.0843 e. The van der Waals surface area contributed by atoms with Crippen molar-refractivity contribution >= 4 is 54.6 Å². The normalized spacial score (nSPS) is 10.6. The molecule has 100 valence electrons. The van der Waals surface area contributed by atoms with Crippen LogP contribution in [0.3, 0.4) is 0 Å². The molecule has 0 bridgehead atoms. The molecule has 2 aromatic rings. The van der Waals surface area contributed by atoms with Crippen molar-refractivity contribution in [3.05, 3.63) is 69.7 Å². The maximum absolute atomic E-state index is 5.85. The molecule has 0 aliphatic carbocycles. The molecular formula is C14H12Cl2S3. The summed E-state index contributed by atoms with van der Waals surface area (Å²) < 4.78 is 0. The third-order valence-corrected chi connectivity index (χ3v) is 6.99. The van der Waals surface area contributed by atoms with Crippen molar-refractivity contribution in [3.8, 4) is 0 Å². The van der Waals surface area contributed by atoms with Gasteiger partial charge in [-0.25, -0.2) is 0 Å². The van der Waals surface area contributed by atoms with Gasteiger partial charge in [0.1, 0.15) is 0 Å². The van der Waals surface area contributed by atoms with Crippen LogP contribution in [0.4, 0.5) is 0 Å². The maximum Gasteiger partial charge on any atom is 0.0406 e. The molecule has 0 amide bonds. The lowest BCUT2D eigenvalue weighted by atomic mass is 10.2. The van der Waals surface area contributed by atoms with Gasteiger partial charge in [-0.3, -0.25) is 0 Å². The lowest BCUT2D eigenvalue weighted by Gasteiger charge is -2.02. The minimum Gasteiger partial charge on any atom is -0.0843 e. The van der Waals surface area contributed by atoms with Gasteiger partial charge in [-0.05, 0) is 45.2 Å². The first kappa shape index (κ1) is 15.5. The van der Waals surface area contributed by atoms with E-state index >= 15 is 0 Å². The first-order valence-corrected chi connectivity index (χ1v) is 10.2. The molecule has 0 N–H and O–H groups in total. The average Bonchev–Trinajstić information content (AvgIpc) is 2.43. The molecule has 19 heavy (non-hydrogen) atoms. The van der Waals surface area contributed by atoms with Crippen LogP contribution in [0.15, 0.2) is 48.5 Å². The lowest BCUT2D eigenvalue weighted by molar-refractivity contribution is 1.43. The predicted octanol–water partition coefficient (Wildman–Crippen LogP) is 6.72. The van der Waals surface area contributed by atoms with Crippen LogP contribution in [0.25, 0.3) is 0 Å². The Balaban J connectivity index is 1.64. The van der Waals surface area contributed by atoms with E-state index in [1.807, 2.05) is 55.7 Å². The third-order valence-electron chi connectivity index (χ3n) is 2.37. The van der Waals surface area contributed by atoms with Gasteiger partial charge in [0, 0.05) is 21.6 Å². The molecule has 0 radical (unpaired) electrons. The van der Waals surface area contributed by atoms with Gasteiger partial charge >= 0.3 is 0 Å². The highest BCUT2D eigenvalue weighted by Gasteiger charge is 1.97. The highest BCUT2D eigenvalue weighted by atomic mass is 35.5. The fourth-order valence-electron chi connectivity index (χ4n) is 1.38. The van der Waals surface area contributed by atoms with Crippen molar-refractivity contribution in [1.82, 2.24) is 0 Å². The second kappa shape index (κ2) is 8.38. The van der Waals surface area contributed by atoms with E-state index in [9.17, 15) is 0 Å². The van der Waals surface area contributed by atoms with E-state index in [0.717, 1.165) is 21.6 Å². The molecule has 0 fully saturated rings. The fourth-order valence-corrected chi connectivity index (χ4v) is 5.24. The zero-order valence-corrected chi connectivity index (χ0v) is 14.0. The van der Waals surface area contributed by atoms with Crippen molar-refractivity contribution in [2.45, 2.75) is 11.5 Å². The molecule has 0 atom stereocenters. The van der Waals surface area contributed by atoms with Gasteiger partial charge in [0.2, 0.25) is 0 Å². The summed E-state index contributed by atoms with van der Waals surface area (Å²) in [4.78, 5) is 0. The number of hydrogen-bond donors (Lipinski definition) is 0. The van der Waals surface area contributed by atoms with Gasteiger partial charge < -0.3 is 0 Å². The van der Waals surface area contributed by atoms with Crippen LogP contribution >= 0.6 is 54.6 Å². The van der Waals surface area contributed by atoms with Crippen LogP contribution < -0.4 is 0 Å². The molecule has 5 heteroatoms. The second-order valence-corrected chi connectivity index (χ2v) is 8.95. The van der Waals surface area contributed by atoms with Crippen molar-refractivity contribution in [1.29, 1.82) is 0 Å². The van der Waals surface area contributed by atoms with Crippen molar-refractivity contribution < 1.29 is 0 Å². The molecule has 2 aromatic carbocycles. The Hall–Kier alpha value is 0.0700. The van der Waals surface area contributed by atoms with Crippen molar-refractivity contribution in [3.63, 3.8) is 0 Å². The van der Waals surface area contributed by atoms with E-state index in [1.165, 1.54) is 11.1 Å². The average molecular weight is 347 g/mol. The van der Waals surface area contributed by atoms with Crippen molar-refractivity contribution in [2.24, 2.45) is 0 Å². The molecule has 0 saturated carbocycles. The number of halogens is 2. The quantitative estimate of drug-likeness (QED) is 0.420. The fraction of sp³-hybridized carbons (Fsp3) is 0.143. The second-order valence-electron chi connectivity index (χ2n) is 3.85. The van der Waals surface area contributed by atoms with Crippen LogP contribution in [0, 0.1) is 0 Å². The highest BCUT2D eigenvalue weighted by molar-refractivity contribution is 9.09. The van der Waals surface area contributed by atoms with Crippen molar-refractivity contribution in [2.75, 3.05) is 0 Å². The Morgan fingerprint density at radius 2 is 1.00 bits per heavy atom. The summed E-state index contributed by atoms with van der Waals surface area (Å²) in [6, 6.07) is 16.0. The highest BCUT2D eigenvalue weighted by Crippen LogP contribution is 2.38. The zero-order valence-electron chi connectivity index (χ0n) is 10.0. The van der Waals surface area contributed by atoms with E-state index in [0.29, 0.717) is 0 Å². The number of hydrogen-bond acceptors (Lipinski definition) is 3. The molecule has 0 spiro atoms. The first-order chi connectivity index (χ1) is 9.24. The lowest BCUT2D eigenvalue weighted by Crippen LogP contribution is -1.77. The Kier molecular flexibility index (Phi) is 6.82. The smallest absolute Gasteiger partial charge is 0.0406 e. The van der Waals surface area contributed by atoms with Crippen LogP contribution in [0.5, 0.6) is 0 Å². The molecule has 0 saturated heterocycles. The van der Waals surface area contributed by atoms with E-state index in [4.69, 9.17) is 23.2 Å². The molecule has 0 aromatic heterocycles. The maximum atomic E-state index is 5.85. The molecule has 0 aliphatic rings. The van der Waals surface area contributed by atoms with Crippen LogP contribution in [-0.2, 0) is 11.5 Å². The minimum absolute atomic E-state index is 0.790. The van der Waals surface area contributed by atoms with Crippen LogP contribution in [-0.4, -0.2) is 0 Å². The Morgan fingerprint density at radius 3 is 1.37 bits per heavy atom. The van der Waals surface area contributed by atoms with Gasteiger partial charge in [-0.1, -0.05) is 69.1 Å². The Labute approximate surface area is 135 Å². The van der Waals surface area contributed by atoms with E-state index in [2.05, 4.69) is 24.3 Å². The summed E-state index contributed by atoms with van der Waals surface area (Å²) in [5.74, 6) is 1.99. The molecule has 0 aliphatic heterocycles. The topological polar surface area (TPSA) is 0 Å². The summed E-state index contributed by atoms with van der Waals surface area (Å²) in [5.41, 5.74) is 2.60. The van der Waals surface area contributed by atoms with E-state index < -0.39 is 0 Å². The van der Waals surface area contributed by atoms with Crippen LogP contribution in [0.1, 0.15) is 11.1 Å². The Morgan fingerprint density at radius 1 is 0.632 bits per heavy atom. The van der Waals surface area contributed by atoms with E-state index in [1.54, 1.807) is 0 Å². The molecule has 0 nitrogen and oxygen atoms in total. The van der Waals surface area contributed by atoms with Gasteiger partial charge in [-0.15, -0.1) is 0 Å². The molecule has 0 heterocycles.